The fourth-order valence-corrected chi connectivity index (χ4v) is 4.00. The molecule has 0 saturated heterocycles. The number of unbranched alkanes of at least 4 members (excludes halogenated alkanes) is 14. The molecule has 0 bridgehead atoms. The van der Waals surface area contributed by atoms with E-state index in [1.165, 1.54) is 101 Å². The zero-order valence-corrected chi connectivity index (χ0v) is 18.2. The van der Waals surface area contributed by atoms with Gasteiger partial charge in [-0.25, -0.2) is 0 Å². The molecule has 2 nitrogen and oxygen atoms in total. The molecule has 0 heterocycles. The van der Waals surface area contributed by atoms with Crippen LogP contribution in [0.3, 0.4) is 0 Å². The summed E-state index contributed by atoms with van der Waals surface area (Å²) in [5.41, 5.74) is 0. The minimum absolute atomic E-state index is 0. The van der Waals surface area contributed by atoms with Gasteiger partial charge >= 0.3 is 5.97 Å². The molecule has 0 radical (unpaired) electrons. The SMILES string of the molecule is CCCCCCCCCCSCCCCCCCCCCC(=O)O.Cl. The fourth-order valence-electron chi connectivity index (χ4n) is 2.98. The predicted octanol–water partition coefficient (Wildman–Crippen LogP) is 7.88. The molecule has 0 aliphatic rings. The molecule has 0 unspecified atom stereocenters. The van der Waals surface area contributed by atoms with Crippen LogP contribution in [-0.4, -0.2) is 22.6 Å². The largest absolute Gasteiger partial charge is 0.481 e. The van der Waals surface area contributed by atoms with Crippen molar-refractivity contribution in [3.05, 3.63) is 0 Å². The third-order valence-corrected chi connectivity index (χ3v) is 5.73. The van der Waals surface area contributed by atoms with Crippen LogP contribution in [0.5, 0.6) is 0 Å². The number of rotatable bonds is 20. The van der Waals surface area contributed by atoms with Crippen molar-refractivity contribution in [3.63, 3.8) is 0 Å². The lowest BCUT2D eigenvalue weighted by atomic mass is 10.1. The van der Waals surface area contributed by atoms with Gasteiger partial charge in [0.15, 0.2) is 0 Å². The van der Waals surface area contributed by atoms with Crippen molar-refractivity contribution in [3.8, 4) is 0 Å². The van der Waals surface area contributed by atoms with Crippen molar-refractivity contribution in [2.24, 2.45) is 0 Å². The highest BCUT2D eigenvalue weighted by atomic mass is 35.5. The number of hydrogen-bond donors (Lipinski definition) is 1. The van der Waals surface area contributed by atoms with E-state index in [0.717, 1.165) is 12.8 Å². The summed E-state index contributed by atoms with van der Waals surface area (Å²) >= 11 is 2.15. The molecule has 0 spiro atoms. The van der Waals surface area contributed by atoms with Crippen LogP contribution in [0.15, 0.2) is 0 Å². The zero-order valence-electron chi connectivity index (χ0n) is 16.6. The average Bonchev–Trinajstić information content (AvgIpc) is 2.56. The lowest BCUT2D eigenvalue weighted by molar-refractivity contribution is -0.137. The molecular weight excluding hydrogens is 352 g/mol. The van der Waals surface area contributed by atoms with Crippen LogP contribution < -0.4 is 0 Å². The summed E-state index contributed by atoms with van der Waals surface area (Å²) in [6.45, 7) is 2.28. The van der Waals surface area contributed by atoms with Gasteiger partial charge in [0.05, 0.1) is 0 Å². The second-order valence-corrected chi connectivity index (χ2v) is 8.28. The smallest absolute Gasteiger partial charge is 0.303 e. The Morgan fingerprint density at radius 1 is 0.640 bits per heavy atom. The first kappa shape index (κ1) is 27.3. The van der Waals surface area contributed by atoms with E-state index in [1.54, 1.807) is 0 Å². The van der Waals surface area contributed by atoms with E-state index in [2.05, 4.69) is 18.7 Å². The number of halogens is 1. The van der Waals surface area contributed by atoms with Gasteiger partial charge in [-0.3, -0.25) is 4.79 Å². The summed E-state index contributed by atoms with van der Waals surface area (Å²) < 4.78 is 0. The van der Waals surface area contributed by atoms with E-state index < -0.39 is 5.97 Å². The lowest BCUT2D eigenvalue weighted by Crippen LogP contribution is -1.93. The molecule has 0 amide bonds. The average molecular weight is 395 g/mol. The van der Waals surface area contributed by atoms with E-state index in [4.69, 9.17) is 5.11 Å². The third-order valence-electron chi connectivity index (χ3n) is 4.57. The Labute approximate surface area is 167 Å². The molecule has 0 atom stereocenters. The van der Waals surface area contributed by atoms with Crippen LogP contribution in [0.2, 0.25) is 0 Å². The van der Waals surface area contributed by atoms with Crippen molar-refractivity contribution in [2.45, 2.75) is 116 Å². The van der Waals surface area contributed by atoms with Gasteiger partial charge < -0.3 is 5.11 Å². The molecule has 152 valence electrons. The van der Waals surface area contributed by atoms with Gasteiger partial charge in [0, 0.05) is 6.42 Å². The zero-order chi connectivity index (χ0) is 17.7. The fraction of sp³-hybridized carbons (Fsp3) is 0.952. The summed E-state index contributed by atoms with van der Waals surface area (Å²) in [4.78, 5) is 10.4. The van der Waals surface area contributed by atoms with Crippen LogP contribution in [-0.2, 0) is 4.79 Å². The highest BCUT2D eigenvalue weighted by Crippen LogP contribution is 2.14. The second kappa shape index (κ2) is 24.1. The quantitative estimate of drug-likeness (QED) is 0.213. The first-order chi connectivity index (χ1) is 11.8. The maximum absolute atomic E-state index is 10.4. The maximum Gasteiger partial charge on any atom is 0.303 e. The van der Waals surface area contributed by atoms with Crippen LogP contribution in [0.1, 0.15) is 116 Å². The number of carbonyl (C=O) groups is 1. The molecule has 0 aliphatic heterocycles. The van der Waals surface area contributed by atoms with Crippen LogP contribution in [0, 0.1) is 0 Å². The van der Waals surface area contributed by atoms with Gasteiger partial charge in [-0.1, -0.05) is 90.4 Å². The second-order valence-electron chi connectivity index (χ2n) is 7.06. The molecule has 0 fully saturated rings. The lowest BCUT2D eigenvalue weighted by Gasteiger charge is -2.03. The standard InChI is InChI=1S/C21H42O2S.ClH/c1-2-3-4-5-6-10-13-16-19-24-20-17-14-11-8-7-9-12-15-18-21(22)23;/h2-20H2,1H3,(H,22,23);1H. The molecule has 0 aromatic carbocycles. The molecule has 25 heavy (non-hydrogen) atoms. The van der Waals surface area contributed by atoms with Crippen molar-refractivity contribution >= 4 is 30.1 Å². The van der Waals surface area contributed by atoms with Crippen molar-refractivity contribution in [1.82, 2.24) is 0 Å². The molecule has 0 aliphatic carbocycles. The highest BCUT2D eigenvalue weighted by molar-refractivity contribution is 7.99. The summed E-state index contributed by atoms with van der Waals surface area (Å²) in [5, 5.41) is 8.56. The van der Waals surface area contributed by atoms with E-state index in [9.17, 15) is 4.79 Å². The molecule has 0 saturated carbocycles. The molecule has 4 heteroatoms. The predicted molar refractivity (Wildman–Crippen MR) is 116 cm³/mol. The monoisotopic (exact) mass is 394 g/mol. The molecular formula is C21H43ClO2S. The van der Waals surface area contributed by atoms with Gasteiger partial charge in [-0.15, -0.1) is 12.4 Å². The Balaban J connectivity index is 0. The minimum atomic E-state index is -0.653. The Bertz CT molecular complexity index is 262. The maximum atomic E-state index is 10.4. The van der Waals surface area contributed by atoms with Gasteiger partial charge in [0.25, 0.3) is 0 Å². The summed E-state index contributed by atoms with van der Waals surface area (Å²) in [6.07, 6.45) is 21.6. The molecule has 0 aromatic rings. The van der Waals surface area contributed by atoms with E-state index >= 15 is 0 Å². The van der Waals surface area contributed by atoms with Gasteiger partial charge in [-0.05, 0) is 30.8 Å². The van der Waals surface area contributed by atoms with Gasteiger partial charge in [0.1, 0.15) is 0 Å². The van der Waals surface area contributed by atoms with Gasteiger partial charge in [-0.2, -0.15) is 11.8 Å². The summed E-state index contributed by atoms with van der Waals surface area (Å²) in [6, 6.07) is 0. The van der Waals surface area contributed by atoms with E-state index in [1.807, 2.05) is 0 Å². The molecule has 0 aromatic heterocycles. The molecule has 1 N–H and O–H groups in total. The Hall–Kier alpha value is 0.110. The van der Waals surface area contributed by atoms with Crippen LogP contribution >= 0.6 is 24.2 Å². The highest BCUT2D eigenvalue weighted by Gasteiger charge is 1.97. The van der Waals surface area contributed by atoms with Crippen LogP contribution in [0.4, 0.5) is 0 Å². The number of hydrogen-bond acceptors (Lipinski definition) is 2. The Morgan fingerprint density at radius 2 is 1.00 bits per heavy atom. The summed E-state index contributed by atoms with van der Waals surface area (Å²) in [7, 11) is 0. The number of carboxylic acid groups (broad SMARTS) is 1. The van der Waals surface area contributed by atoms with E-state index in [0.29, 0.717) is 6.42 Å². The van der Waals surface area contributed by atoms with Crippen LogP contribution in [0.25, 0.3) is 0 Å². The number of aliphatic carboxylic acids is 1. The third kappa shape index (κ3) is 26.4. The topological polar surface area (TPSA) is 37.3 Å². The normalized spacial score (nSPS) is 10.6. The summed E-state index contributed by atoms with van der Waals surface area (Å²) in [5.74, 6) is 2.05. The minimum Gasteiger partial charge on any atom is -0.481 e. The number of thioether (sulfide) groups is 1. The first-order valence-corrected chi connectivity index (χ1v) is 11.7. The Kier molecular flexibility index (Phi) is 26.4. The Morgan fingerprint density at radius 3 is 1.40 bits per heavy atom. The van der Waals surface area contributed by atoms with Crippen molar-refractivity contribution in [1.29, 1.82) is 0 Å². The number of carboxylic acids is 1. The van der Waals surface area contributed by atoms with Crippen molar-refractivity contribution in [2.75, 3.05) is 11.5 Å². The van der Waals surface area contributed by atoms with Crippen molar-refractivity contribution < 1.29 is 9.90 Å². The van der Waals surface area contributed by atoms with E-state index in [-0.39, 0.29) is 12.4 Å². The van der Waals surface area contributed by atoms with Gasteiger partial charge in [0.2, 0.25) is 0 Å². The first-order valence-electron chi connectivity index (χ1n) is 10.6. The molecule has 0 rings (SSSR count).